The van der Waals surface area contributed by atoms with Gasteiger partial charge in [-0.2, -0.15) is 0 Å². The number of aromatic nitrogens is 1. The van der Waals surface area contributed by atoms with E-state index < -0.39 is 30.2 Å². The van der Waals surface area contributed by atoms with Crippen molar-refractivity contribution in [2.75, 3.05) is 0 Å². The molecule has 0 aliphatic carbocycles. The van der Waals surface area contributed by atoms with E-state index in [0.717, 1.165) is 6.20 Å². The van der Waals surface area contributed by atoms with E-state index in [4.69, 9.17) is 5.11 Å². The predicted molar refractivity (Wildman–Crippen MR) is 40.5 cm³/mol. The van der Waals surface area contributed by atoms with E-state index in [2.05, 4.69) is 4.98 Å². The normalized spacial score (nSPS) is 10.6. The molecule has 0 atom stereocenters. The Hall–Kier alpha value is -1.59. The Labute approximate surface area is 77.2 Å². The van der Waals surface area contributed by atoms with Crippen LogP contribution < -0.4 is 0 Å². The number of carboxylic acid groups (broad SMARTS) is 1. The molecule has 1 aromatic rings. The van der Waals surface area contributed by atoms with Crippen LogP contribution in [0.4, 0.5) is 13.2 Å². The lowest BCUT2D eigenvalue weighted by molar-refractivity contribution is -0.136. The van der Waals surface area contributed by atoms with Gasteiger partial charge >= 0.3 is 5.97 Å². The number of halogens is 3. The van der Waals surface area contributed by atoms with Crippen molar-refractivity contribution >= 4 is 5.97 Å². The zero-order valence-electron chi connectivity index (χ0n) is 6.88. The lowest BCUT2D eigenvalue weighted by atomic mass is 10.1. The van der Waals surface area contributed by atoms with Crippen molar-refractivity contribution in [3.8, 4) is 0 Å². The Balaban J connectivity index is 3.14. The Kier molecular flexibility index (Phi) is 3.06. The van der Waals surface area contributed by atoms with Gasteiger partial charge in [-0.1, -0.05) is 0 Å². The van der Waals surface area contributed by atoms with E-state index in [1.165, 1.54) is 0 Å². The number of pyridine rings is 1. The summed E-state index contributed by atoms with van der Waals surface area (Å²) in [5.74, 6) is -2.49. The number of nitrogens with zero attached hydrogens (tertiary/aromatic N) is 1. The molecule has 76 valence electrons. The smallest absolute Gasteiger partial charge is 0.307 e. The zero-order valence-corrected chi connectivity index (χ0v) is 6.88. The van der Waals surface area contributed by atoms with Gasteiger partial charge in [0, 0.05) is 6.20 Å². The van der Waals surface area contributed by atoms with E-state index in [1.54, 1.807) is 0 Å². The largest absolute Gasteiger partial charge is 0.481 e. The van der Waals surface area contributed by atoms with Gasteiger partial charge in [-0.15, -0.1) is 0 Å². The van der Waals surface area contributed by atoms with Gasteiger partial charge in [0.05, 0.1) is 18.2 Å². The first kappa shape index (κ1) is 10.5. The average Bonchev–Trinajstić information content (AvgIpc) is 2.01. The molecule has 0 unspecified atom stereocenters. The Morgan fingerprint density at radius 3 is 2.64 bits per heavy atom. The molecule has 0 bridgehead atoms. The van der Waals surface area contributed by atoms with Crippen LogP contribution in [0.15, 0.2) is 12.4 Å². The number of hydrogen-bond acceptors (Lipinski definition) is 2. The van der Waals surface area contributed by atoms with Crippen molar-refractivity contribution in [1.82, 2.24) is 4.98 Å². The first-order chi connectivity index (χ1) is 6.52. The second-order valence-corrected chi connectivity index (χ2v) is 2.57. The van der Waals surface area contributed by atoms with Crippen molar-refractivity contribution in [3.05, 3.63) is 29.3 Å². The van der Waals surface area contributed by atoms with Gasteiger partial charge in [0.15, 0.2) is 5.82 Å². The van der Waals surface area contributed by atoms with Crippen LogP contribution >= 0.6 is 0 Å². The summed E-state index contributed by atoms with van der Waals surface area (Å²) in [5.41, 5.74) is -1.19. The molecular weight excluding hydrogens is 199 g/mol. The molecule has 1 rings (SSSR count). The van der Waals surface area contributed by atoms with Crippen LogP contribution in [0.2, 0.25) is 0 Å². The number of rotatable bonds is 3. The first-order valence-corrected chi connectivity index (χ1v) is 3.64. The Morgan fingerprint density at radius 1 is 1.50 bits per heavy atom. The second kappa shape index (κ2) is 4.08. The number of carbonyl (C=O) groups is 1. The van der Waals surface area contributed by atoms with Crippen LogP contribution in [0, 0.1) is 5.82 Å². The molecule has 0 amide bonds. The summed E-state index contributed by atoms with van der Waals surface area (Å²) in [6.07, 6.45) is -2.14. The van der Waals surface area contributed by atoms with Crippen molar-refractivity contribution in [2.24, 2.45) is 0 Å². The standard InChI is InChI=1S/C8H6F3NO2/c9-5-3-12-2-4(1-6(13)14)7(5)8(10)11/h2-3,8H,1H2,(H,13,14). The topological polar surface area (TPSA) is 50.2 Å². The summed E-state index contributed by atoms with van der Waals surface area (Å²) in [6.45, 7) is 0. The molecule has 0 radical (unpaired) electrons. The third-order valence-electron chi connectivity index (χ3n) is 1.58. The molecule has 1 aromatic heterocycles. The molecule has 3 nitrogen and oxygen atoms in total. The highest BCUT2D eigenvalue weighted by molar-refractivity contribution is 5.70. The minimum atomic E-state index is -3.03. The summed E-state index contributed by atoms with van der Waals surface area (Å²) >= 11 is 0. The minimum absolute atomic E-state index is 0.299. The molecule has 0 aromatic carbocycles. The van der Waals surface area contributed by atoms with E-state index in [0.29, 0.717) is 6.20 Å². The lowest BCUT2D eigenvalue weighted by Crippen LogP contribution is -2.06. The highest BCUT2D eigenvalue weighted by Crippen LogP contribution is 2.25. The molecule has 0 aliphatic rings. The number of hydrogen-bond donors (Lipinski definition) is 1. The summed E-state index contributed by atoms with van der Waals surface area (Å²) < 4.78 is 37.4. The molecule has 6 heteroatoms. The van der Waals surface area contributed by atoms with Gasteiger partial charge in [0.1, 0.15) is 0 Å². The fraction of sp³-hybridized carbons (Fsp3) is 0.250. The lowest BCUT2D eigenvalue weighted by Gasteiger charge is -2.06. The van der Waals surface area contributed by atoms with E-state index in [-0.39, 0.29) is 5.56 Å². The highest BCUT2D eigenvalue weighted by atomic mass is 19.3. The summed E-state index contributed by atoms with van der Waals surface area (Å²) in [4.78, 5) is 13.6. The average molecular weight is 205 g/mol. The van der Waals surface area contributed by atoms with Gasteiger partial charge in [0.2, 0.25) is 0 Å². The first-order valence-electron chi connectivity index (χ1n) is 3.64. The second-order valence-electron chi connectivity index (χ2n) is 2.57. The molecule has 0 saturated carbocycles. The van der Waals surface area contributed by atoms with Gasteiger partial charge < -0.3 is 5.11 Å². The number of carboxylic acids is 1. The SMILES string of the molecule is O=C(O)Cc1cncc(F)c1C(F)F. The van der Waals surface area contributed by atoms with Crippen LogP contribution in [0.1, 0.15) is 17.6 Å². The van der Waals surface area contributed by atoms with Gasteiger partial charge in [-0.25, -0.2) is 13.2 Å². The van der Waals surface area contributed by atoms with E-state index in [1.807, 2.05) is 0 Å². The van der Waals surface area contributed by atoms with Crippen molar-refractivity contribution in [1.29, 1.82) is 0 Å². The van der Waals surface area contributed by atoms with Crippen LogP contribution in [0.25, 0.3) is 0 Å². The summed E-state index contributed by atoms with van der Waals surface area (Å²) in [7, 11) is 0. The third-order valence-corrected chi connectivity index (χ3v) is 1.58. The van der Waals surface area contributed by atoms with Crippen LogP contribution in [-0.4, -0.2) is 16.1 Å². The maximum atomic E-state index is 12.8. The number of aliphatic carboxylic acids is 1. The van der Waals surface area contributed by atoms with Crippen LogP contribution in [0.5, 0.6) is 0 Å². The molecule has 1 N–H and O–H groups in total. The molecule has 1 heterocycles. The fourth-order valence-electron chi connectivity index (χ4n) is 1.03. The van der Waals surface area contributed by atoms with Crippen LogP contribution in [-0.2, 0) is 11.2 Å². The van der Waals surface area contributed by atoms with Crippen molar-refractivity contribution in [3.63, 3.8) is 0 Å². The number of alkyl halides is 2. The molecule has 0 spiro atoms. The monoisotopic (exact) mass is 205 g/mol. The quantitative estimate of drug-likeness (QED) is 0.818. The van der Waals surface area contributed by atoms with Crippen LogP contribution in [0.3, 0.4) is 0 Å². The Morgan fingerprint density at radius 2 is 2.14 bits per heavy atom. The highest BCUT2D eigenvalue weighted by Gasteiger charge is 2.19. The third kappa shape index (κ3) is 2.21. The summed E-state index contributed by atoms with van der Waals surface area (Å²) in [6, 6.07) is 0. The summed E-state index contributed by atoms with van der Waals surface area (Å²) in [5, 5.41) is 8.37. The van der Waals surface area contributed by atoms with Gasteiger partial charge in [-0.3, -0.25) is 9.78 Å². The molecule has 0 saturated heterocycles. The van der Waals surface area contributed by atoms with Crippen molar-refractivity contribution < 1.29 is 23.1 Å². The molecule has 0 aliphatic heterocycles. The fourth-order valence-corrected chi connectivity index (χ4v) is 1.03. The molecule has 14 heavy (non-hydrogen) atoms. The minimum Gasteiger partial charge on any atom is -0.481 e. The zero-order chi connectivity index (χ0) is 10.7. The maximum absolute atomic E-state index is 12.8. The van der Waals surface area contributed by atoms with Gasteiger partial charge in [-0.05, 0) is 5.56 Å². The van der Waals surface area contributed by atoms with E-state index >= 15 is 0 Å². The Bertz CT molecular complexity index is 354. The maximum Gasteiger partial charge on any atom is 0.307 e. The van der Waals surface area contributed by atoms with Crippen molar-refractivity contribution in [2.45, 2.75) is 12.8 Å². The molecular formula is C8H6F3NO2. The molecule has 0 fully saturated rings. The van der Waals surface area contributed by atoms with E-state index in [9.17, 15) is 18.0 Å². The predicted octanol–water partition coefficient (Wildman–Crippen LogP) is 1.79. The van der Waals surface area contributed by atoms with Gasteiger partial charge in [0.25, 0.3) is 6.43 Å².